The van der Waals surface area contributed by atoms with Crippen LogP contribution in [0.3, 0.4) is 0 Å². The van der Waals surface area contributed by atoms with Gasteiger partial charge in [0.05, 0.1) is 0 Å². The molecule has 62 valence electrons. The number of hydroxylamine groups is 1. The van der Waals surface area contributed by atoms with E-state index in [1.807, 2.05) is 13.8 Å². The molecule has 0 unspecified atom stereocenters. The molecular weight excluding hydrogens is 140 g/mol. The third-order valence-electron chi connectivity index (χ3n) is 1.73. The maximum Gasteiger partial charge on any atom is 0.259 e. The molecule has 1 rings (SSSR count). The smallest absolute Gasteiger partial charge is 0.259 e. The zero-order valence-electron chi connectivity index (χ0n) is 7.29. The van der Waals surface area contributed by atoms with Crippen molar-refractivity contribution in [3.8, 4) is 0 Å². The molecule has 0 saturated carbocycles. The van der Waals surface area contributed by atoms with Gasteiger partial charge in [0.15, 0.2) is 6.21 Å². The summed E-state index contributed by atoms with van der Waals surface area (Å²) in [5.41, 5.74) is 0.359. The Kier molecular flexibility index (Phi) is 1.98. The van der Waals surface area contributed by atoms with Crippen LogP contribution in [0.25, 0.3) is 0 Å². The number of aliphatic imine (C=N–C) groups is 1. The van der Waals surface area contributed by atoms with E-state index in [-0.39, 0.29) is 0 Å². The second-order valence-electron chi connectivity index (χ2n) is 3.30. The molecule has 0 amide bonds. The van der Waals surface area contributed by atoms with Crippen LogP contribution in [0, 0.1) is 5.21 Å². The second-order valence-corrected chi connectivity index (χ2v) is 3.30. The lowest BCUT2D eigenvalue weighted by Crippen LogP contribution is -2.26. The molecular formula is C8H14N2O. The van der Waals surface area contributed by atoms with Gasteiger partial charge in [-0.05, 0) is 6.42 Å². The predicted molar refractivity (Wildman–Crippen MR) is 46.1 cm³/mol. The van der Waals surface area contributed by atoms with E-state index in [1.165, 1.54) is 0 Å². The quantitative estimate of drug-likeness (QED) is 0.439. The lowest BCUT2D eigenvalue weighted by atomic mass is 10.2. The van der Waals surface area contributed by atoms with Crippen molar-refractivity contribution in [2.75, 3.05) is 0 Å². The van der Waals surface area contributed by atoms with Crippen LogP contribution >= 0.6 is 0 Å². The summed E-state index contributed by atoms with van der Waals surface area (Å²) < 4.78 is 0.915. The van der Waals surface area contributed by atoms with Crippen LogP contribution in [-0.4, -0.2) is 22.3 Å². The summed E-state index contributed by atoms with van der Waals surface area (Å²) in [7, 11) is 0. The highest BCUT2D eigenvalue weighted by Crippen LogP contribution is 2.15. The Hall–Kier alpha value is -0.860. The topological polar surface area (TPSA) is 38.4 Å². The number of rotatable bonds is 2. The van der Waals surface area contributed by atoms with Gasteiger partial charge >= 0.3 is 0 Å². The summed E-state index contributed by atoms with van der Waals surface area (Å²) in [4.78, 5) is 4.27. The summed E-state index contributed by atoms with van der Waals surface area (Å²) in [5, 5.41) is 11.1. The summed E-state index contributed by atoms with van der Waals surface area (Å²) in [6.45, 7) is 5.72. The van der Waals surface area contributed by atoms with Gasteiger partial charge in [-0.25, -0.2) is 4.99 Å². The fourth-order valence-corrected chi connectivity index (χ4v) is 1.10. The second kappa shape index (κ2) is 2.64. The van der Waals surface area contributed by atoms with Crippen molar-refractivity contribution in [2.45, 2.75) is 39.3 Å². The van der Waals surface area contributed by atoms with Crippen LogP contribution in [0.2, 0.25) is 0 Å². The van der Waals surface area contributed by atoms with E-state index in [0.29, 0.717) is 0 Å². The molecule has 0 radical (unpaired) electrons. The van der Waals surface area contributed by atoms with Gasteiger partial charge in [-0.1, -0.05) is 13.3 Å². The Morgan fingerprint density at radius 1 is 1.64 bits per heavy atom. The van der Waals surface area contributed by atoms with Crippen LogP contribution in [0.15, 0.2) is 4.99 Å². The summed E-state index contributed by atoms with van der Waals surface area (Å²) >= 11 is 0. The van der Waals surface area contributed by atoms with E-state index in [2.05, 4.69) is 11.9 Å². The van der Waals surface area contributed by atoms with Crippen LogP contribution in [0.1, 0.15) is 33.6 Å². The molecule has 0 aromatic rings. The minimum Gasteiger partial charge on any atom is -0.622 e. The van der Waals surface area contributed by atoms with Gasteiger partial charge in [-0.15, -0.1) is 0 Å². The Bertz CT molecular complexity index is 216. The third-order valence-corrected chi connectivity index (χ3v) is 1.73. The number of hydrogen-bond donors (Lipinski definition) is 0. The van der Waals surface area contributed by atoms with Crippen molar-refractivity contribution in [1.29, 1.82) is 0 Å². The third kappa shape index (κ3) is 1.59. The SMILES string of the molecule is CCCC1=NC(C)(C)[N+]([O-])=C1. The van der Waals surface area contributed by atoms with Crippen LogP contribution < -0.4 is 0 Å². The molecule has 0 aliphatic carbocycles. The van der Waals surface area contributed by atoms with Gasteiger partial charge < -0.3 is 5.21 Å². The van der Waals surface area contributed by atoms with Crippen LogP contribution in [0.4, 0.5) is 0 Å². The molecule has 0 N–H and O–H groups in total. The first kappa shape index (κ1) is 8.24. The highest BCUT2D eigenvalue weighted by Gasteiger charge is 2.30. The average Bonchev–Trinajstić information content (AvgIpc) is 2.08. The fraction of sp³-hybridized carbons (Fsp3) is 0.750. The average molecular weight is 154 g/mol. The molecule has 0 bridgehead atoms. The fourth-order valence-electron chi connectivity index (χ4n) is 1.10. The van der Waals surface area contributed by atoms with Crippen LogP contribution in [-0.2, 0) is 0 Å². The molecule has 0 aromatic carbocycles. The number of hydrogen-bond acceptors (Lipinski definition) is 2. The highest BCUT2D eigenvalue weighted by molar-refractivity contribution is 6.29. The lowest BCUT2D eigenvalue weighted by molar-refractivity contribution is -0.528. The molecule has 0 aromatic heterocycles. The van der Waals surface area contributed by atoms with Crippen LogP contribution in [0.5, 0.6) is 0 Å². The Labute approximate surface area is 67.0 Å². The highest BCUT2D eigenvalue weighted by atomic mass is 16.5. The van der Waals surface area contributed by atoms with Crippen molar-refractivity contribution >= 4 is 11.9 Å². The minimum absolute atomic E-state index is 0.565. The summed E-state index contributed by atoms with van der Waals surface area (Å²) in [6.07, 6.45) is 3.53. The summed E-state index contributed by atoms with van der Waals surface area (Å²) in [6, 6.07) is 0. The maximum atomic E-state index is 11.1. The molecule has 0 fully saturated rings. The monoisotopic (exact) mass is 154 g/mol. The predicted octanol–water partition coefficient (Wildman–Crippen LogP) is 1.56. The van der Waals surface area contributed by atoms with E-state index in [9.17, 15) is 5.21 Å². The van der Waals surface area contributed by atoms with Crippen molar-refractivity contribution in [3.63, 3.8) is 0 Å². The van der Waals surface area contributed by atoms with E-state index in [1.54, 1.807) is 6.21 Å². The summed E-state index contributed by atoms with van der Waals surface area (Å²) in [5.74, 6) is 0. The molecule has 11 heavy (non-hydrogen) atoms. The van der Waals surface area contributed by atoms with Crippen molar-refractivity contribution in [1.82, 2.24) is 0 Å². The first-order chi connectivity index (χ1) is 5.06. The lowest BCUT2D eigenvalue weighted by Gasteiger charge is -2.13. The standard InChI is InChI=1S/C8H14N2O/c1-4-5-7-6-10(11)8(2,3)9-7/h6H,4-5H2,1-3H3. The molecule has 3 heteroatoms. The van der Waals surface area contributed by atoms with Crippen molar-refractivity contribution in [3.05, 3.63) is 5.21 Å². The molecule has 1 aliphatic heterocycles. The Morgan fingerprint density at radius 2 is 2.27 bits per heavy atom. The first-order valence-corrected chi connectivity index (χ1v) is 3.96. The number of nitrogens with zero attached hydrogens (tertiary/aromatic N) is 2. The Balaban J connectivity index is 2.74. The van der Waals surface area contributed by atoms with Gasteiger partial charge in [0.2, 0.25) is 0 Å². The maximum absolute atomic E-state index is 11.1. The molecule has 1 aliphatic rings. The molecule has 1 heterocycles. The van der Waals surface area contributed by atoms with Gasteiger partial charge in [-0.3, -0.25) is 0 Å². The van der Waals surface area contributed by atoms with Gasteiger partial charge in [0, 0.05) is 13.8 Å². The van der Waals surface area contributed by atoms with E-state index in [4.69, 9.17) is 0 Å². The molecule has 0 saturated heterocycles. The van der Waals surface area contributed by atoms with Gasteiger partial charge in [0.1, 0.15) is 5.71 Å². The zero-order valence-corrected chi connectivity index (χ0v) is 7.29. The van der Waals surface area contributed by atoms with Crippen molar-refractivity contribution < 1.29 is 4.74 Å². The molecule has 0 spiro atoms. The molecule has 3 nitrogen and oxygen atoms in total. The molecule has 0 atom stereocenters. The van der Waals surface area contributed by atoms with Gasteiger partial charge in [0.25, 0.3) is 5.66 Å². The zero-order chi connectivity index (χ0) is 8.48. The Morgan fingerprint density at radius 3 is 2.64 bits per heavy atom. The van der Waals surface area contributed by atoms with Crippen molar-refractivity contribution in [2.24, 2.45) is 4.99 Å². The van der Waals surface area contributed by atoms with E-state index in [0.717, 1.165) is 23.3 Å². The normalized spacial score (nSPS) is 21.4. The largest absolute Gasteiger partial charge is 0.622 e. The minimum atomic E-state index is -0.565. The van der Waals surface area contributed by atoms with E-state index < -0.39 is 5.66 Å². The van der Waals surface area contributed by atoms with Gasteiger partial charge in [-0.2, -0.15) is 4.74 Å². The van der Waals surface area contributed by atoms with E-state index >= 15 is 0 Å². The first-order valence-electron chi connectivity index (χ1n) is 3.96.